The summed E-state index contributed by atoms with van der Waals surface area (Å²) in [7, 11) is 0. The van der Waals surface area contributed by atoms with Gasteiger partial charge in [-0.25, -0.2) is 4.79 Å². The summed E-state index contributed by atoms with van der Waals surface area (Å²) in [6.45, 7) is 1.84. The zero-order chi connectivity index (χ0) is 26.8. The van der Waals surface area contributed by atoms with E-state index >= 15 is 0 Å². The Kier molecular flexibility index (Phi) is 7.07. The zero-order valence-corrected chi connectivity index (χ0v) is 20.0. The molecule has 0 fully saturated rings. The number of hydrogen-bond acceptors (Lipinski definition) is 3. The van der Waals surface area contributed by atoms with Crippen LogP contribution in [0.2, 0.25) is 0 Å². The maximum absolute atomic E-state index is 13.1. The Morgan fingerprint density at radius 3 is 2.27 bits per heavy atom. The lowest BCUT2D eigenvalue weighted by atomic mass is 9.67. The van der Waals surface area contributed by atoms with Crippen molar-refractivity contribution in [3.05, 3.63) is 83.4 Å². The second kappa shape index (κ2) is 10.1. The van der Waals surface area contributed by atoms with E-state index in [2.05, 4.69) is 10.6 Å². The van der Waals surface area contributed by atoms with Crippen LogP contribution in [-0.4, -0.2) is 22.9 Å². The number of fused-ring (bicyclic) bond motifs is 1. The summed E-state index contributed by atoms with van der Waals surface area (Å²) in [6.07, 6.45) is -3.14. The second-order valence-corrected chi connectivity index (χ2v) is 9.14. The number of rotatable bonds is 6. The number of aryl methyl sites for hydroxylation is 1. The molecule has 0 radical (unpaired) electrons. The van der Waals surface area contributed by atoms with Crippen LogP contribution < -0.4 is 10.6 Å². The first-order chi connectivity index (χ1) is 17.5. The predicted molar refractivity (Wildman–Crippen MR) is 134 cm³/mol. The van der Waals surface area contributed by atoms with Crippen LogP contribution in [0.25, 0.3) is 11.1 Å². The first kappa shape index (κ1) is 25.9. The van der Waals surface area contributed by atoms with Gasteiger partial charge < -0.3 is 15.7 Å². The fourth-order valence-corrected chi connectivity index (χ4v) is 4.71. The molecule has 0 saturated carbocycles. The molecule has 3 aromatic carbocycles. The fourth-order valence-electron chi connectivity index (χ4n) is 4.71. The van der Waals surface area contributed by atoms with Gasteiger partial charge in [0.25, 0.3) is 0 Å². The third-order valence-electron chi connectivity index (χ3n) is 6.79. The number of halogens is 3. The average molecular weight is 511 g/mol. The van der Waals surface area contributed by atoms with E-state index in [1.165, 1.54) is 12.1 Å². The van der Waals surface area contributed by atoms with Crippen molar-refractivity contribution in [1.29, 1.82) is 0 Å². The van der Waals surface area contributed by atoms with Gasteiger partial charge in [-0.15, -0.1) is 0 Å². The van der Waals surface area contributed by atoms with Gasteiger partial charge in [-0.2, -0.15) is 13.2 Å². The van der Waals surface area contributed by atoms with Crippen LogP contribution in [0.5, 0.6) is 0 Å². The van der Waals surface area contributed by atoms with Crippen molar-refractivity contribution in [2.75, 3.05) is 10.6 Å². The minimum Gasteiger partial charge on any atom is -0.481 e. The number of Topliss-reactive ketones (excluding diaryl/α,β-unsaturated/α-hetero) is 1. The SMILES string of the molecule is CC[C@]1(CC(=O)O)CCc2cc(-c3ccc(NC(=O)Nc4cccc(C(F)(F)F)c4)cc3)ccc2C1=O. The molecule has 2 amide bonds. The summed E-state index contributed by atoms with van der Waals surface area (Å²) in [6, 6.07) is 16.1. The van der Waals surface area contributed by atoms with Crippen LogP contribution in [0, 0.1) is 5.41 Å². The van der Waals surface area contributed by atoms with Crippen LogP contribution >= 0.6 is 0 Å². The monoisotopic (exact) mass is 510 g/mol. The number of aliphatic carboxylic acids is 1. The van der Waals surface area contributed by atoms with Crippen molar-refractivity contribution >= 4 is 29.2 Å². The molecule has 1 atom stereocenters. The summed E-state index contributed by atoms with van der Waals surface area (Å²) in [5.41, 5.74) is 1.88. The number of hydrogen-bond donors (Lipinski definition) is 3. The maximum atomic E-state index is 13.1. The van der Waals surface area contributed by atoms with Crippen molar-refractivity contribution in [3.63, 3.8) is 0 Å². The van der Waals surface area contributed by atoms with Gasteiger partial charge in [-0.3, -0.25) is 9.59 Å². The Balaban J connectivity index is 1.45. The summed E-state index contributed by atoms with van der Waals surface area (Å²) in [5, 5.41) is 14.3. The molecular formula is C28H25F3N2O4. The Bertz CT molecular complexity index is 1350. The van der Waals surface area contributed by atoms with E-state index in [1.807, 2.05) is 19.1 Å². The Morgan fingerprint density at radius 2 is 1.62 bits per heavy atom. The van der Waals surface area contributed by atoms with Crippen molar-refractivity contribution in [2.24, 2.45) is 5.41 Å². The summed E-state index contributed by atoms with van der Waals surface area (Å²) >= 11 is 0. The maximum Gasteiger partial charge on any atom is 0.416 e. The number of alkyl halides is 3. The summed E-state index contributed by atoms with van der Waals surface area (Å²) in [4.78, 5) is 36.7. The summed E-state index contributed by atoms with van der Waals surface area (Å²) < 4.78 is 38.6. The standard InChI is InChI=1S/C28H25F3N2O4/c1-2-27(16-24(34)35)13-12-19-14-18(8-11-23(19)25(27)36)17-6-9-21(10-7-17)32-26(37)33-22-5-3-4-20(15-22)28(29,30)31/h3-11,14-15H,2,12-13,16H2,1H3,(H,34,35)(H2,32,33,37)/t27-/m1/s1. The highest BCUT2D eigenvalue weighted by Gasteiger charge is 2.42. The molecule has 6 nitrogen and oxygen atoms in total. The number of urea groups is 1. The van der Waals surface area contributed by atoms with Crippen molar-refractivity contribution in [2.45, 2.75) is 38.8 Å². The topological polar surface area (TPSA) is 95.5 Å². The van der Waals surface area contributed by atoms with Gasteiger partial charge in [-0.1, -0.05) is 43.3 Å². The van der Waals surface area contributed by atoms with Crippen LogP contribution in [0.4, 0.5) is 29.3 Å². The molecule has 0 aromatic heterocycles. The van der Waals surface area contributed by atoms with Gasteiger partial charge in [0.05, 0.1) is 12.0 Å². The van der Waals surface area contributed by atoms with E-state index < -0.39 is 29.2 Å². The van der Waals surface area contributed by atoms with Gasteiger partial charge in [0.1, 0.15) is 0 Å². The molecule has 0 saturated heterocycles. The normalized spacial score (nSPS) is 17.1. The third kappa shape index (κ3) is 5.66. The van der Waals surface area contributed by atoms with E-state index in [1.54, 1.807) is 30.3 Å². The molecule has 0 spiro atoms. The molecular weight excluding hydrogens is 485 g/mol. The number of ketones is 1. The largest absolute Gasteiger partial charge is 0.481 e. The van der Waals surface area contributed by atoms with Gasteiger partial charge >= 0.3 is 18.2 Å². The number of carboxylic acids is 1. The molecule has 0 aliphatic heterocycles. The lowest BCUT2D eigenvalue weighted by Gasteiger charge is -2.35. The molecule has 9 heteroatoms. The average Bonchev–Trinajstić information content (AvgIpc) is 2.85. The van der Waals surface area contributed by atoms with Crippen molar-refractivity contribution in [1.82, 2.24) is 0 Å². The quantitative estimate of drug-likeness (QED) is 0.332. The highest BCUT2D eigenvalue weighted by Crippen LogP contribution is 2.42. The first-order valence-electron chi connectivity index (χ1n) is 11.8. The number of carbonyl (C=O) groups excluding carboxylic acids is 2. The highest BCUT2D eigenvalue weighted by atomic mass is 19.4. The predicted octanol–water partition coefficient (Wildman–Crippen LogP) is 7.02. The molecule has 1 aliphatic carbocycles. The van der Waals surface area contributed by atoms with Crippen molar-refractivity contribution in [3.8, 4) is 11.1 Å². The first-order valence-corrected chi connectivity index (χ1v) is 11.8. The third-order valence-corrected chi connectivity index (χ3v) is 6.79. The minimum absolute atomic E-state index is 0.0167. The zero-order valence-electron chi connectivity index (χ0n) is 20.0. The molecule has 37 heavy (non-hydrogen) atoms. The van der Waals surface area contributed by atoms with E-state index in [-0.39, 0.29) is 17.9 Å². The fraction of sp³-hybridized carbons (Fsp3) is 0.250. The summed E-state index contributed by atoms with van der Waals surface area (Å²) in [5.74, 6) is -1.11. The lowest BCUT2D eigenvalue weighted by Crippen LogP contribution is -2.37. The highest BCUT2D eigenvalue weighted by molar-refractivity contribution is 6.04. The van der Waals surface area contributed by atoms with Crippen molar-refractivity contribution < 1.29 is 32.7 Å². The van der Waals surface area contributed by atoms with Gasteiger partial charge in [0, 0.05) is 22.4 Å². The number of nitrogens with one attached hydrogen (secondary N) is 2. The molecule has 4 rings (SSSR count). The van der Waals surface area contributed by atoms with Gasteiger partial charge in [-0.05, 0) is 66.3 Å². The van der Waals surface area contributed by atoms with E-state index in [9.17, 15) is 32.7 Å². The Labute approximate surface area is 211 Å². The second-order valence-electron chi connectivity index (χ2n) is 9.14. The van der Waals surface area contributed by atoms with Crippen LogP contribution in [-0.2, 0) is 17.4 Å². The molecule has 1 aliphatic rings. The Morgan fingerprint density at radius 1 is 0.946 bits per heavy atom. The van der Waals surface area contributed by atoms with Crippen LogP contribution in [0.15, 0.2) is 66.7 Å². The molecule has 0 heterocycles. The lowest BCUT2D eigenvalue weighted by molar-refractivity contribution is -0.139. The Hall–Kier alpha value is -4.14. The molecule has 192 valence electrons. The van der Waals surface area contributed by atoms with Gasteiger partial charge in [0.15, 0.2) is 5.78 Å². The van der Waals surface area contributed by atoms with E-state index in [4.69, 9.17) is 0 Å². The van der Waals surface area contributed by atoms with E-state index in [0.29, 0.717) is 30.5 Å². The molecule has 3 N–H and O–H groups in total. The van der Waals surface area contributed by atoms with E-state index in [0.717, 1.165) is 28.8 Å². The number of anilines is 2. The molecule has 0 unspecified atom stereocenters. The van der Waals surface area contributed by atoms with Gasteiger partial charge in [0.2, 0.25) is 0 Å². The van der Waals surface area contributed by atoms with Crippen LogP contribution in [0.3, 0.4) is 0 Å². The number of carboxylic acid groups (broad SMARTS) is 1. The van der Waals surface area contributed by atoms with Crippen LogP contribution in [0.1, 0.15) is 47.7 Å². The number of benzene rings is 3. The number of carbonyl (C=O) groups is 3. The molecule has 3 aromatic rings. The minimum atomic E-state index is -4.51. The smallest absolute Gasteiger partial charge is 0.416 e. The number of amides is 2. The molecule has 0 bridgehead atoms.